The molecule has 1 aromatic heterocycles. The molecule has 0 saturated heterocycles. The van der Waals surface area contributed by atoms with Gasteiger partial charge in [-0.15, -0.1) is 0 Å². The minimum Gasteiger partial charge on any atom is -0.505 e. The number of carbonyl (C=O) groups is 2. The van der Waals surface area contributed by atoms with E-state index in [4.69, 9.17) is 16.3 Å². The molecule has 2 aromatic carbocycles. The van der Waals surface area contributed by atoms with Gasteiger partial charge in [-0.05, 0) is 61.4 Å². The fourth-order valence-electron chi connectivity index (χ4n) is 5.11. The van der Waals surface area contributed by atoms with Crippen molar-refractivity contribution in [2.45, 2.75) is 52.1 Å². The topological polar surface area (TPSA) is 130 Å². The van der Waals surface area contributed by atoms with Crippen LogP contribution in [0.5, 0.6) is 11.5 Å². The first-order chi connectivity index (χ1) is 18.1. The lowest BCUT2D eigenvalue weighted by Gasteiger charge is -2.21. The number of nitrogens with zero attached hydrogens (tertiary/aromatic N) is 1. The van der Waals surface area contributed by atoms with Crippen LogP contribution in [-0.4, -0.2) is 33.9 Å². The second kappa shape index (κ2) is 11.2. The third-order valence-corrected chi connectivity index (χ3v) is 7.16. The molecule has 0 radical (unpaired) electrons. The molecule has 1 aliphatic carbocycles. The number of amides is 2. The molecule has 0 saturated carbocycles. The number of urea groups is 1. The normalized spacial score (nSPS) is 13.1. The summed E-state index contributed by atoms with van der Waals surface area (Å²) < 4.78 is 6.92. The van der Waals surface area contributed by atoms with Gasteiger partial charge in [0.15, 0.2) is 5.69 Å². The van der Waals surface area contributed by atoms with Gasteiger partial charge in [-0.3, -0.25) is 9.59 Å². The van der Waals surface area contributed by atoms with E-state index in [-0.39, 0.29) is 24.4 Å². The maximum absolute atomic E-state index is 13.5. The Morgan fingerprint density at radius 1 is 1.16 bits per heavy atom. The highest BCUT2D eigenvalue weighted by Gasteiger charge is 2.27. The lowest BCUT2D eigenvalue weighted by molar-refractivity contribution is -0.137. The molecule has 0 aliphatic heterocycles. The number of aryl methyl sites for hydroxylation is 2. The van der Waals surface area contributed by atoms with Gasteiger partial charge in [0, 0.05) is 16.3 Å². The molecule has 1 heterocycles. The molecule has 0 bridgehead atoms. The number of halogens is 1. The van der Waals surface area contributed by atoms with Crippen molar-refractivity contribution in [3.05, 3.63) is 85.3 Å². The van der Waals surface area contributed by atoms with Crippen molar-refractivity contribution < 1.29 is 24.5 Å². The van der Waals surface area contributed by atoms with Crippen LogP contribution >= 0.6 is 11.6 Å². The van der Waals surface area contributed by atoms with Crippen molar-refractivity contribution in [2.75, 3.05) is 12.4 Å². The highest BCUT2D eigenvalue weighted by atomic mass is 35.5. The number of aliphatic carboxylic acids is 1. The zero-order chi connectivity index (χ0) is 27.6. The molecule has 1 atom stereocenters. The van der Waals surface area contributed by atoms with E-state index in [1.54, 1.807) is 31.4 Å². The average Bonchev–Trinajstić information content (AvgIpc) is 3.35. The summed E-state index contributed by atoms with van der Waals surface area (Å²) in [6.07, 6.45) is 1.56. The number of anilines is 1. The smallest absolute Gasteiger partial charge is 0.319 e. The SMILES string of the molecule is COc1c(C)cc([C@H](CC(=O)O)NC(=O)Nc2c(O)c3c(n(Cc4ccccc4Cl)c2=O)CCC3)cc1C. The Morgan fingerprint density at radius 2 is 1.84 bits per heavy atom. The molecule has 200 valence electrons. The predicted molar refractivity (Wildman–Crippen MR) is 145 cm³/mol. The van der Waals surface area contributed by atoms with Gasteiger partial charge in [-0.25, -0.2) is 4.79 Å². The number of carbonyl (C=O) groups excluding carboxylic acids is 1. The Hall–Kier alpha value is -3.98. The van der Waals surface area contributed by atoms with Crippen LogP contribution in [0.15, 0.2) is 41.2 Å². The van der Waals surface area contributed by atoms with Crippen molar-refractivity contribution in [3.63, 3.8) is 0 Å². The quantitative estimate of drug-likeness (QED) is 0.328. The van der Waals surface area contributed by atoms with Crippen LogP contribution in [0.1, 0.15) is 52.4 Å². The number of pyridine rings is 1. The van der Waals surface area contributed by atoms with Gasteiger partial charge in [0.25, 0.3) is 5.56 Å². The first kappa shape index (κ1) is 27.1. The molecule has 3 aromatic rings. The number of rotatable bonds is 8. The summed E-state index contributed by atoms with van der Waals surface area (Å²) in [7, 11) is 1.55. The lowest BCUT2D eigenvalue weighted by Crippen LogP contribution is -2.37. The first-order valence-electron chi connectivity index (χ1n) is 12.3. The van der Waals surface area contributed by atoms with Crippen LogP contribution in [0, 0.1) is 13.8 Å². The fourth-order valence-corrected chi connectivity index (χ4v) is 5.30. The van der Waals surface area contributed by atoms with Gasteiger partial charge in [0.2, 0.25) is 0 Å². The summed E-state index contributed by atoms with van der Waals surface area (Å²) in [4.78, 5) is 38.2. The summed E-state index contributed by atoms with van der Waals surface area (Å²) in [5, 5.41) is 26.1. The molecule has 0 spiro atoms. The van der Waals surface area contributed by atoms with Crippen LogP contribution in [-0.2, 0) is 24.2 Å². The van der Waals surface area contributed by atoms with Crippen molar-refractivity contribution in [1.82, 2.24) is 9.88 Å². The number of aromatic nitrogens is 1. The monoisotopic (exact) mass is 539 g/mol. The van der Waals surface area contributed by atoms with Crippen LogP contribution in [0.4, 0.5) is 10.5 Å². The zero-order valence-corrected chi connectivity index (χ0v) is 22.2. The van der Waals surface area contributed by atoms with Crippen LogP contribution < -0.4 is 20.9 Å². The zero-order valence-electron chi connectivity index (χ0n) is 21.4. The molecule has 0 unspecified atom stereocenters. The van der Waals surface area contributed by atoms with Gasteiger partial charge in [-0.1, -0.05) is 41.9 Å². The van der Waals surface area contributed by atoms with Gasteiger partial charge < -0.3 is 30.2 Å². The Morgan fingerprint density at radius 3 is 2.47 bits per heavy atom. The first-order valence-corrected chi connectivity index (χ1v) is 12.6. The van der Waals surface area contributed by atoms with E-state index in [1.807, 2.05) is 26.0 Å². The summed E-state index contributed by atoms with van der Waals surface area (Å²) in [6.45, 7) is 3.85. The molecule has 0 fully saturated rings. The third kappa shape index (κ3) is 5.47. The minimum atomic E-state index is -1.11. The molecule has 4 rings (SSSR count). The number of carboxylic acid groups (broad SMARTS) is 1. The average molecular weight is 540 g/mol. The van der Waals surface area contributed by atoms with E-state index >= 15 is 0 Å². The number of aromatic hydroxyl groups is 1. The highest BCUT2D eigenvalue weighted by molar-refractivity contribution is 6.31. The second-order valence-electron chi connectivity index (χ2n) is 9.42. The number of hydrogen-bond donors (Lipinski definition) is 4. The maximum atomic E-state index is 13.5. The number of hydrogen-bond acceptors (Lipinski definition) is 5. The number of methoxy groups -OCH3 is 1. The van der Waals surface area contributed by atoms with E-state index < -0.39 is 23.6 Å². The Balaban J connectivity index is 1.66. The van der Waals surface area contributed by atoms with Crippen molar-refractivity contribution >= 4 is 29.3 Å². The van der Waals surface area contributed by atoms with Crippen LogP contribution in [0.25, 0.3) is 0 Å². The van der Waals surface area contributed by atoms with Crippen LogP contribution in [0.2, 0.25) is 5.02 Å². The van der Waals surface area contributed by atoms with Gasteiger partial charge >= 0.3 is 12.0 Å². The highest BCUT2D eigenvalue weighted by Crippen LogP contribution is 2.34. The minimum absolute atomic E-state index is 0.184. The van der Waals surface area contributed by atoms with E-state index in [0.717, 1.165) is 23.1 Å². The molecular formula is C28H30ClN3O6. The molecule has 4 N–H and O–H groups in total. The molecule has 38 heavy (non-hydrogen) atoms. The number of benzene rings is 2. The number of carboxylic acids is 1. The summed E-state index contributed by atoms with van der Waals surface area (Å²) in [5.41, 5.74) is 3.39. The Labute approximate surface area is 225 Å². The number of fused-ring (bicyclic) bond motifs is 1. The van der Waals surface area contributed by atoms with E-state index in [1.165, 1.54) is 4.57 Å². The molecule has 2 amide bonds. The largest absolute Gasteiger partial charge is 0.505 e. The molecular weight excluding hydrogens is 510 g/mol. The fraction of sp³-hybridized carbons (Fsp3) is 0.321. The number of ether oxygens (including phenoxy) is 1. The van der Waals surface area contributed by atoms with Crippen LogP contribution in [0.3, 0.4) is 0 Å². The van der Waals surface area contributed by atoms with E-state index in [2.05, 4.69) is 10.6 Å². The van der Waals surface area contributed by atoms with Gasteiger partial charge in [0.05, 0.1) is 26.1 Å². The van der Waals surface area contributed by atoms with Gasteiger partial charge in [-0.2, -0.15) is 0 Å². The van der Waals surface area contributed by atoms with Gasteiger partial charge in [0.1, 0.15) is 11.5 Å². The third-order valence-electron chi connectivity index (χ3n) is 6.79. The second-order valence-corrected chi connectivity index (χ2v) is 9.83. The Kier molecular flexibility index (Phi) is 7.97. The lowest BCUT2D eigenvalue weighted by atomic mass is 9.98. The van der Waals surface area contributed by atoms with Crippen molar-refractivity contribution in [1.29, 1.82) is 0 Å². The molecule has 9 nitrogen and oxygen atoms in total. The summed E-state index contributed by atoms with van der Waals surface area (Å²) >= 11 is 6.33. The van der Waals surface area contributed by atoms with E-state index in [9.17, 15) is 24.6 Å². The Bertz CT molecular complexity index is 1440. The predicted octanol–water partition coefficient (Wildman–Crippen LogP) is 4.71. The molecule has 1 aliphatic rings. The summed E-state index contributed by atoms with van der Waals surface area (Å²) in [6, 6.07) is 8.98. The van der Waals surface area contributed by atoms with E-state index in [0.29, 0.717) is 40.4 Å². The standard InChI is InChI=1S/C28H30ClN3O6/c1-15-11-18(12-16(2)26(15)38-3)21(13-23(33)34)30-28(37)31-24-25(35)19-8-6-10-22(19)32(27(24)36)14-17-7-4-5-9-20(17)29/h4-5,7,9,11-12,21,35H,6,8,10,13-14H2,1-3H3,(H,33,34)(H2,30,31,37)/t21-/m0/s1. The molecule has 10 heteroatoms. The maximum Gasteiger partial charge on any atom is 0.319 e. The van der Waals surface area contributed by atoms with Crippen molar-refractivity contribution in [2.24, 2.45) is 0 Å². The number of nitrogens with one attached hydrogen (secondary N) is 2. The summed E-state index contributed by atoms with van der Waals surface area (Å²) in [5.74, 6) is -0.697. The van der Waals surface area contributed by atoms with Crippen molar-refractivity contribution in [3.8, 4) is 11.5 Å².